The van der Waals surface area contributed by atoms with E-state index in [1.807, 2.05) is 6.07 Å². The van der Waals surface area contributed by atoms with Crippen molar-refractivity contribution in [2.75, 3.05) is 5.32 Å². The van der Waals surface area contributed by atoms with E-state index in [-0.39, 0.29) is 0 Å². The second kappa shape index (κ2) is 5.35. The summed E-state index contributed by atoms with van der Waals surface area (Å²) < 4.78 is 0. The van der Waals surface area contributed by atoms with Crippen molar-refractivity contribution < 1.29 is 9.90 Å². The highest BCUT2D eigenvalue weighted by Crippen LogP contribution is 2.39. The van der Waals surface area contributed by atoms with Crippen molar-refractivity contribution in [1.29, 1.82) is 5.26 Å². The lowest BCUT2D eigenvalue weighted by Gasteiger charge is -2.05. The van der Waals surface area contributed by atoms with E-state index in [2.05, 4.69) is 10.3 Å². The number of aryl methyl sites for hydroxylation is 1. The Kier molecular flexibility index (Phi) is 3.53. The number of halogens is 1. The lowest BCUT2D eigenvalue weighted by molar-refractivity contribution is -0.138. The predicted molar refractivity (Wildman–Crippen MR) is 80.3 cm³/mol. The number of aliphatic carboxylic acids is 1. The Bertz CT molecular complexity index is 766. The zero-order valence-corrected chi connectivity index (χ0v) is 12.3. The number of nitrogens with zero attached hydrogens (tertiary/aromatic N) is 2. The summed E-state index contributed by atoms with van der Waals surface area (Å²) in [6, 6.07) is 7.02. The van der Waals surface area contributed by atoms with Crippen LogP contribution in [-0.4, -0.2) is 16.1 Å². The number of carboxylic acids is 1. The molecule has 0 aliphatic heterocycles. The molecule has 0 saturated heterocycles. The summed E-state index contributed by atoms with van der Waals surface area (Å²) >= 11 is 7.44. The Morgan fingerprint density at radius 2 is 2.38 bits per heavy atom. The normalized spacial score (nSPS) is 16.3. The molecule has 2 aromatic rings. The number of nitrogens with one attached hydrogen (secondary N) is 1. The molecule has 106 valence electrons. The van der Waals surface area contributed by atoms with Gasteiger partial charge in [0.1, 0.15) is 12.0 Å². The number of nitriles is 1. The molecule has 0 saturated carbocycles. The van der Waals surface area contributed by atoms with E-state index in [0.717, 1.165) is 17.0 Å². The molecule has 1 aliphatic carbocycles. The highest BCUT2D eigenvalue weighted by molar-refractivity contribution is 7.15. The molecule has 1 unspecified atom stereocenters. The molecular weight excluding hydrogens is 310 g/mol. The van der Waals surface area contributed by atoms with Gasteiger partial charge in [-0.1, -0.05) is 11.6 Å². The first-order valence-corrected chi connectivity index (χ1v) is 7.47. The van der Waals surface area contributed by atoms with Gasteiger partial charge in [-0.15, -0.1) is 11.3 Å². The lowest BCUT2D eigenvalue weighted by Crippen LogP contribution is -2.08. The van der Waals surface area contributed by atoms with Crippen molar-refractivity contribution in [2.45, 2.75) is 18.8 Å². The Morgan fingerprint density at radius 1 is 1.57 bits per heavy atom. The molecule has 21 heavy (non-hydrogen) atoms. The van der Waals surface area contributed by atoms with E-state index >= 15 is 0 Å². The molecule has 1 heterocycles. The maximum absolute atomic E-state index is 11.1. The van der Waals surface area contributed by atoms with Gasteiger partial charge in [0.25, 0.3) is 0 Å². The maximum Gasteiger partial charge on any atom is 0.312 e. The third-order valence-corrected chi connectivity index (χ3v) is 4.72. The first-order valence-electron chi connectivity index (χ1n) is 6.27. The zero-order chi connectivity index (χ0) is 15.0. The molecule has 1 aromatic carbocycles. The summed E-state index contributed by atoms with van der Waals surface area (Å²) in [5, 5.41) is 22.1. The predicted octanol–water partition coefficient (Wildman–Crippen LogP) is 3.53. The summed E-state index contributed by atoms with van der Waals surface area (Å²) in [5.74, 6) is -1.33. The van der Waals surface area contributed by atoms with Gasteiger partial charge in [0, 0.05) is 10.6 Å². The number of hydrogen-bond acceptors (Lipinski definition) is 5. The van der Waals surface area contributed by atoms with Gasteiger partial charge in [-0.3, -0.25) is 4.79 Å². The molecule has 1 aromatic heterocycles. The van der Waals surface area contributed by atoms with Crippen LogP contribution in [0.2, 0.25) is 5.02 Å². The summed E-state index contributed by atoms with van der Waals surface area (Å²) in [7, 11) is 0. The summed E-state index contributed by atoms with van der Waals surface area (Å²) in [5.41, 5.74) is 1.79. The molecule has 0 amide bonds. The summed E-state index contributed by atoms with van der Waals surface area (Å²) in [6.45, 7) is 0. The smallest absolute Gasteiger partial charge is 0.312 e. The van der Waals surface area contributed by atoms with Gasteiger partial charge in [0.2, 0.25) is 0 Å². The van der Waals surface area contributed by atoms with E-state index in [1.54, 1.807) is 18.2 Å². The molecule has 5 nitrogen and oxygen atoms in total. The zero-order valence-electron chi connectivity index (χ0n) is 10.8. The first kappa shape index (κ1) is 13.9. The molecule has 0 bridgehead atoms. The second-order valence-electron chi connectivity index (χ2n) is 4.69. The van der Waals surface area contributed by atoms with Crippen molar-refractivity contribution in [3.63, 3.8) is 0 Å². The Balaban J connectivity index is 1.84. The monoisotopic (exact) mass is 319 g/mol. The molecule has 3 rings (SSSR count). The standard InChI is InChI=1S/C14H10ClN3O2S/c15-10-5-8(2-1-7(10)6-16)17-14-18-12-9(13(19)20)3-4-11(12)21-14/h1-2,5,9H,3-4H2,(H,17,18)(H,19,20). The first-order chi connectivity index (χ1) is 10.1. The minimum Gasteiger partial charge on any atom is -0.481 e. The van der Waals surface area contributed by atoms with Crippen LogP contribution < -0.4 is 5.32 Å². The SMILES string of the molecule is N#Cc1ccc(Nc2nc3c(s2)CCC3C(=O)O)cc1Cl. The number of thiazole rings is 1. The van der Waals surface area contributed by atoms with Crippen LogP contribution in [-0.2, 0) is 11.2 Å². The van der Waals surface area contributed by atoms with Crippen molar-refractivity contribution in [3.8, 4) is 6.07 Å². The number of carbonyl (C=O) groups is 1. The number of rotatable bonds is 3. The average molecular weight is 320 g/mol. The van der Waals surface area contributed by atoms with Crippen LogP contribution in [0, 0.1) is 11.3 Å². The molecule has 0 spiro atoms. The molecule has 1 aliphatic rings. The van der Waals surface area contributed by atoms with Crippen LogP contribution in [0.1, 0.15) is 28.5 Å². The number of aromatic nitrogens is 1. The quantitative estimate of drug-likeness (QED) is 0.903. The van der Waals surface area contributed by atoms with Gasteiger partial charge in [0.15, 0.2) is 5.13 Å². The minimum atomic E-state index is -0.827. The van der Waals surface area contributed by atoms with E-state index in [0.29, 0.717) is 27.8 Å². The van der Waals surface area contributed by atoms with Gasteiger partial charge in [-0.2, -0.15) is 5.26 Å². The van der Waals surface area contributed by atoms with Crippen LogP contribution in [0.5, 0.6) is 0 Å². The third kappa shape index (κ3) is 2.58. The van der Waals surface area contributed by atoms with Gasteiger partial charge < -0.3 is 10.4 Å². The van der Waals surface area contributed by atoms with E-state index in [1.165, 1.54) is 11.3 Å². The minimum absolute atomic E-state index is 0.370. The number of hydrogen-bond donors (Lipinski definition) is 2. The van der Waals surface area contributed by atoms with Crippen molar-refractivity contribution in [3.05, 3.63) is 39.4 Å². The number of benzene rings is 1. The van der Waals surface area contributed by atoms with Crippen LogP contribution in [0.15, 0.2) is 18.2 Å². The molecule has 0 fully saturated rings. The van der Waals surface area contributed by atoms with Crippen LogP contribution in [0.25, 0.3) is 0 Å². The number of carboxylic acid groups (broad SMARTS) is 1. The number of fused-ring (bicyclic) bond motifs is 1. The Hall–Kier alpha value is -2.10. The van der Waals surface area contributed by atoms with Crippen molar-refractivity contribution in [1.82, 2.24) is 4.98 Å². The highest BCUT2D eigenvalue weighted by Gasteiger charge is 2.32. The van der Waals surface area contributed by atoms with E-state index in [4.69, 9.17) is 22.0 Å². The molecule has 0 radical (unpaired) electrons. The fraction of sp³-hybridized carbons (Fsp3) is 0.214. The topological polar surface area (TPSA) is 86.0 Å². The van der Waals surface area contributed by atoms with Crippen LogP contribution in [0.4, 0.5) is 10.8 Å². The van der Waals surface area contributed by atoms with Crippen molar-refractivity contribution >= 4 is 39.7 Å². The molecular formula is C14H10ClN3O2S. The molecule has 2 N–H and O–H groups in total. The largest absolute Gasteiger partial charge is 0.481 e. The lowest BCUT2D eigenvalue weighted by atomic mass is 10.1. The van der Waals surface area contributed by atoms with E-state index < -0.39 is 11.9 Å². The highest BCUT2D eigenvalue weighted by atomic mass is 35.5. The maximum atomic E-state index is 11.1. The Labute approximate surface area is 129 Å². The molecule has 7 heteroatoms. The fourth-order valence-electron chi connectivity index (χ4n) is 2.33. The van der Waals surface area contributed by atoms with Gasteiger partial charge in [0.05, 0.1) is 16.3 Å². The van der Waals surface area contributed by atoms with Gasteiger partial charge in [-0.25, -0.2) is 4.98 Å². The van der Waals surface area contributed by atoms with Gasteiger partial charge >= 0.3 is 5.97 Å². The van der Waals surface area contributed by atoms with Crippen LogP contribution in [0.3, 0.4) is 0 Å². The number of anilines is 2. The Morgan fingerprint density at radius 3 is 3.05 bits per heavy atom. The van der Waals surface area contributed by atoms with Gasteiger partial charge in [-0.05, 0) is 31.0 Å². The second-order valence-corrected chi connectivity index (χ2v) is 6.18. The van der Waals surface area contributed by atoms with Crippen LogP contribution >= 0.6 is 22.9 Å². The summed E-state index contributed by atoms with van der Waals surface area (Å²) in [4.78, 5) is 16.5. The average Bonchev–Trinajstić information content (AvgIpc) is 2.98. The fourth-order valence-corrected chi connectivity index (χ4v) is 3.61. The summed E-state index contributed by atoms with van der Waals surface area (Å²) in [6.07, 6.45) is 1.37. The van der Waals surface area contributed by atoms with E-state index in [9.17, 15) is 4.79 Å². The third-order valence-electron chi connectivity index (χ3n) is 3.36. The van der Waals surface area contributed by atoms with Crippen molar-refractivity contribution in [2.24, 2.45) is 0 Å². The molecule has 1 atom stereocenters.